The molecule has 0 aromatic heterocycles. The Kier molecular flexibility index (Phi) is 2.94. The maximum Gasteiger partial charge on any atom is 0.118 e. The van der Waals surface area contributed by atoms with Gasteiger partial charge < -0.3 is 10.2 Å². The van der Waals surface area contributed by atoms with Crippen LogP contribution in [0.1, 0.15) is 30.9 Å². The molecular weight excluding hydrogens is 164 g/mol. The summed E-state index contributed by atoms with van der Waals surface area (Å²) < 4.78 is 0. The molecule has 2 nitrogen and oxygen atoms in total. The highest BCUT2D eigenvalue weighted by Crippen LogP contribution is 2.24. The molecule has 1 aromatic carbocycles. The van der Waals surface area contributed by atoms with Crippen LogP contribution in [0.25, 0.3) is 0 Å². The number of hydrogen-bond donors (Lipinski definition) is 2. The zero-order valence-corrected chi connectivity index (χ0v) is 8.28. The van der Waals surface area contributed by atoms with E-state index in [1.165, 1.54) is 0 Å². The highest BCUT2D eigenvalue weighted by atomic mass is 16.3. The first-order valence-electron chi connectivity index (χ1n) is 4.50. The lowest BCUT2D eigenvalue weighted by Crippen LogP contribution is -2.10. The minimum atomic E-state index is -0.357. The second-order valence-electron chi connectivity index (χ2n) is 3.58. The van der Waals surface area contributed by atoms with Crippen molar-refractivity contribution in [3.8, 4) is 5.75 Å². The molecule has 13 heavy (non-hydrogen) atoms. The average molecular weight is 180 g/mol. The molecule has 0 saturated heterocycles. The van der Waals surface area contributed by atoms with E-state index in [0.29, 0.717) is 5.75 Å². The Morgan fingerprint density at radius 2 is 1.85 bits per heavy atom. The van der Waals surface area contributed by atoms with Gasteiger partial charge in [0.15, 0.2) is 0 Å². The highest BCUT2D eigenvalue weighted by Gasteiger charge is 2.11. The van der Waals surface area contributed by atoms with Gasteiger partial charge in [-0.05, 0) is 31.0 Å². The van der Waals surface area contributed by atoms with Crippen LogP contribution in [0.4, 0.5) is 0 Å². The summed E-state index contributed by atoms with van der Waals surface area (Å²) in [5, 5.41) is 18.7. The lowest BCUT2D eigenvalue weighted by atomic mass is 9.95. The van der Waals surface area contributed by atoms with E-state index in [0.717, 1.165) is 11.1 Å². The molecule has 0 amide bonds. The number of phenols is 1. The monoisotopic (exact) mass is 180 g/mol. The zero-order valence-electron chi connectivity index (χ0n) is 8.28. The number of benzene rings is 1. The van der Waals surface area contributed by atoms with Crippen LogP contribution in [-0.4, -0.2) is 16.3 Å². The molecular formula is C11H16O2. The van der Waals surface area contributed by atoms with E-state index in [-0.39, 0.29) is 12.0 Å². The molecule has 72 valence electrons. The number of aliphatic hydroxyl groups excluding tert-OH is 1. The summed E-state index contributed by atoms with van der Waals surface area (Å²) in [7, 11) is 0. The van der Waals surface area contributed by atoms with E-state index in [9.17, 15) is 10.2 Å². The number of phenolic OH excluding ortho intramolecular Hbond substituents is 1. The van der Waals surface area contributed by atoms with Gasteiger partial charge in [-0.15, -0.1) is 0 Å². The van der Waals surface area contributed by atoms with Gasteiger partial charge in [-0.2, -0.15) is 0 Å². The van der Waals surface area contributed by atoms with Gasteiger partial charge in [0, 0.05) is 5.92 Å². The second kappa shape index (κ2) is 3.79. The fourth-order valence-corrected chi connectivity index (χ4v) is 1.24. The molecule has 0 spiro atoms. The minimum Gasteiger partial charge on any atom is -0.508 e. The molecule has 0 bridgehead atoms. The van der Waals surface area contributed by atoms with Crippen molar-refractivity contribution in [2.75, 3.05) is 0 Å². The number of aryl methyl sites for hydroxylation is 1. The summed E-state index contributed by atoms with van der Waals surface area (Å²) >= 11 is 0. The summed E-state index contributed by atoms with van der Waals surface area (Å²) in [6.45, 7) is 5.59. The molecule has 0 heterocycles. The SMILES string of the molecule is Cc1cc([C@H](C)[C@H](C)O)ccc1O. The Bertz CT molecular complexity index is 292. The second-order valence-corrected chi connectivity index (χ2v) is 3.58. The molecule has 2 atom stereocenters. The van der Waals surface area contributed by atoms with Crippen LogP contribution in [0.3, 0.4) is 0 Å². The first kappa shape index (κ1) is 10.1. The third-order valence-corrected chi connectivity index (χ3v) is 2.47. The lowest BCUT2D eigenvalue weighted by molar-refractivity contribution is 0.169. The molecule has 1 aromatic rings. The molecule has 0 aliphatic rings. The maximum atomic E-state index is 9.37. The molecule has 0 unspecified atom stereocenters. The quantitative estimate of drug-likeness (QED) is 0.732. The van der Waals surface area contributed by atoms with Gasteiger partial charge in [0.1, 0.15) is 5.75 Å². The predicted octanol–water partition coefficient (Wildman–Crippen LogP) is 2.18. The first-order valence-corrected chi connectivity index (χ1v) is 4.50. The van der Waals surface area contributed by atoms with Crippen molar-refractivity contribution in [1.29, 1.82) is 0 Å². The van der Waals surface area contributed by atoms with Gasteiger partial charge in [0.2, 0.25) is 0 Å². The summed E-state index contributed by atoms with van der Waals surface area (Å²) in [4.78, 5) is 0. The topological polar surface area (TPSA) is 40.5 Å². The molecule has 0 aliphatic heterocycles. The average Bonchev–Trinajstić information content (AvgIpc) is 2.08. The van der Waals surface area contributed by atoms with Gasteiger partial charge in [-0.25, -0.2) is 0 Å². The molecule has 2 N–H and O–H groups in total. The van der Waals surface area contributed by atoms with Gasteiger partial charge >= 0.3 is 0 Å². The third-order valence-electron chi connectivity index (χ3n) is 2.47. The Morgan fingerprint density at radius 1 is 1.23 bits per heavy atom. The van der Waals surface area contributed by atoms with Gasteiger partial charge in [-0.3, -0.25) is 0 Å². The van der Waals surface area contributed by atoms with Crippen LogP contribution >= 0.6 is 0 Å². The number of aliphatic hydroxyl groups is 1. The van der Waals surface area contributed by atoms with E-state index in [4.69, 9.17) is 0 Å². The molecule has 1 rings (SSSR count). The fraction of sp³-hybridized carbons (Fsp3) is 0.455. The summed E-state index contributed by atoms with van der Waals surface area (Å²) in [5.41, 5.74) is 1.91. The van der Waals surface area contributed by atoms with Crippen LogP contribution in [-0.2, 0) is 0 Å². The van der Waals surface area contributed by atoms with Crippen molar-refractivity contribution in [3.63, 3.8) is 0 Å². The van der Waals surface area contributed by atoms with Crippen molar-refractivity contribution in [1.82, 2.24) is 0 Å². The summed E-state index contributed by atoms with van der Waals surface area (Å²) in [6.07, 6.45) is -0.357. The standard InChI is InChI=1S/C11H16O2/c1-7-6-10(4-5-11(7)13)8(2)9(3)12/h4-6,8-9,12-13H,1-3H3/t8-,9+/m1/s1. The predicted molar refractivity (Wildman–Crippen MR) is 52.9 cm³/mol. The lowest BCUT2D eigenvalue weighted by Gasteiger charge is -2.15. The van der Waals surface area contributed by atoms with E-state index in [1.54, 1.807) is 13.0 Å². The Hall–Kier alpha value is -1.02. The van der Waals surface area contributed by atoms with Gasteiger partial charge in [-0.1, -0.05) is 19.1 Å². The van der Waals surface area contributed by atoms with Crippen LogP contribution < -0.4 is 0 Å². The van der Waals surface area contributed by atoms with Crippen LogP contribution in [0, 0.1) is 6.92 Å². The summed E-state index contributed by atoms with van der Waals surface area (Å²) in [5.74, 6) is 0.417. The van der Waals surface area contributed by atoms with Crippen molar-refractivity contribution < 1.29 is 10.2 Å². The number of hydrogen-bond acceptors (Lipinski definition) is 2. The van der Waals surface area contributed by atoms with Crippen molar-refractivity contribution in [2.45, 2.75) is 32.8 Å². The molecule has 0 fully saturated rings. The summed E-state index contributed by atoms with van der Waals surface area (Å²) in [6, 6.07) is 5.43. The number of rotatable bonds is 2. The third kappa shape index (κ3) is 2.22. The van der Waals surface area contributed by atoms with Gasteiger partial charge in [0.25, 0.3) is 0 Å². The largest absolute Gasteiger partial charge is 0.508 e. The van der Waals surface area contributed by atoms with Gasteiger partial charge in [0.05, 0.1) is 6.10 Å². The Balaban J connectivity index is 2.97. The van der Waals surface area contributed by atoms with E-state index >= 15 is 0 Å². The van der Waals surface area contributed by atoms with Crippen LogP contribution in [0.2, 0.25) is 0 Å². The van der Waals surface area contributed by atoms with Crippen molar-refractivity contribution in [3.05, 3.63) is 29.3 Å². The normalized spacial score (nSPS) is 15.4. The van der Waals surface area contributed by atoms with Crippen LogP contribution in [0.15, 0.2) is 18.2 Å². The molecule has 0 saturated carbocycles. The van der Waals surface area contributed by atoms with Crippen molar-refractivity contribution in [2.24, 2.45) is 0 Å². The Morgan fingerprint density at radius 3 is 2.31 bits per heavy atom. The van der Waals surface area contributed by atoms with Crippen LogP contribution in [0.5, 0.6) is 5.75 Å². The highest BCUT2D eigenvalue weighted by molar-refractivity contribution is 5.36. The number of aromatic hydroxyl groups is 1. The fourth-order valence-electron chi connectivity index (χ4n) is 1.24. The molecule has 0 radical (unpaired) electrons. The Labute approximate surface area is 78.8 Å². The van der Waals surface area contributed by atoms with E-state index < -0.39 is 0 Å². The van der Waals surface area contributed by atoms with E-state index in [2.05, 4.69) is 0 Å². The molecule has 2 heteroatoms. The first-order chi connectivity index (χ1) is 6.02. The maximum absolute atomic E-state index is 9.37. The molecule has 0 aliphatic carbocycles. The van der Waals surface area contributed by atoms with E-state index in [1.807, 2.05) is 26.0 Å². The zero-order chi connectivity index (χ0) is 10.0. The minimum absolute atomic E-state index is 0.110. The van der Waals surface area contributed by atoms with Crippen molar-refractivity contribution >= 4 is 0 Å². The smallest absolute Gasteiger partial charge is 0.118 e.